The minimum Gasteiger partial charge on any atom is -0.491 e. The van der Waals surface area contributed by atoms with E-state index in [0.717, 1.165) is 11.3 Å². The highest BCUT2D eigenvalue weighted by Gasteiger charge is 2.45. The van der Waals surface area contributed by atoms with Gasteiger partial charge in [-0.05, 0) is 18.1 Å². The maximum absolute atomic E-state index is 13.3. The van der Waals surface area contributed by atoms with Gasteiger partial charge in [0.05, 0.1) is 6.61 Å². The lowest BCUT2D eigenvalue weighted by Crippen LogP contribution is -2.59. The van der Waals surface area contributed by atoms with Gasteiger partial charge in [-0.2, -0.15) is 0 Å². The summed E-state index contributed by atoms with van der Waals surface area (Å²) < 4.78 is 37.7. The molecule has 1 aromatic rings. The number of carbonyl (C=O) groups excluding carboxylic acids is 1. The van der Waals surface area contributed by atoms with Gasteiger partial charge >= 0.3 is 0 Å². The molecule has 4 nitrogen and oxygen atoms in total. The molecule has 3 rings (SSSR count). The van der Waals surface area contributed by atoms with Crippen LogP contribution in [0.4, 0.5) is 8.78 Å². The first-order valence-electron chi connectivity index (χ1n) is 7.83. The van der Waals surface area contributed by atoms with Crippen LogP contribution in [0, 0.1) is 5.92 Å². The molecule has 1 fully saturated rings. The molecule has 0 bridgehead atoms. The average Bonchev–Trinajstić information content (AvgIpc) is 2.88. The highest BCUT2D eigenvalue weighted by Crippen LogP contribution is 2.39. The minimum absolute atomic E-state index is 0.221. The molecular weight excluding hydrogens is 304 g/mol. The van der Waals surface area contributed by atoms with Crippen LogP contribution >= 0.6 is 0 Å². The Balaban J connectivity index is 1.74. The topological polar surface area (TPSA) is 47.6 Å². The Morgan fingerprint density at radius 3 is 2.91 bits per heavy atom. The van der Waals surface area contributed by atoms with Crippen molar-refractivity contribution in [2.24, 2.45) is 5.92 Å². The molecule has 1 aliphatic heterocycles. The molecule has 1 N–H and O–H groups in total. The zero-order valence-corrected chi connectivity index (χ0v) is 13.1. The second kappa shape index (κ2) is 6.07. The van der Waals surface area contributed by atoms with Gasteiger partial charge in [-0.25, -0.2) is 8.78 Å². The third-order valence-corrected chi connectivity index (χ3v) is 4.59. The number of amides is 1. The van der Waals surface area contributed by atoms with Crippen molar-refractivity contribution < 1.29 is 23.0 Å². The van der Waals surface area contributed by atoms with Gasteiger partial charge in [-0.1, -0.05) is 18.2 Å². The number of hydrogen-bond donors (Lipinski definition) is 1. The number of hydrogen-bond acceptors (Lipinski definition) is 3. The number of para-hydroxylation sites is 1. The highest BCUT2D eigenvalue weighted by atomic mass is 19.3. The van der Waals surface area contributed by atoms with Gasteiger partial charge < -0.3 is 14.8 Å². The minimum atomic E-state index is -2.73. The van der Waals surface area contributed by atoms with E-state index in [-0.39, 0.29) is 38.4 Å². The Kier molecular flexibility index (Phi) is 4.27. The van der Waals surface area contributed by atoms with Gasteiger partial charge in [-0.15, -0.1) is 0 Å². The average molecular weight is 325 g/mol. The summed E-state index contributed by atoms with van der Waals surface area (Å²) in [5.74, 6) is -2.91. The van der Waals surface area contributed by atoms with Crippen molar-refractivity contribution in [3.8, 4) is 5.75 Å². The summed E-state index contributed by atoms with van der Waals surface area (Å²) in [7, 11) is 1.55. The molecule has 1 heterocycles. The molecule has 0 saturated heterocycles. The molecule has 1 amide bonds. The Hall–Kier alpha value is -1.69. The van der Waals surface area contributed by atoms with Gasteiger partial charge in [0.15, 0.2) is 0 Å². The van der Waals surface area contributed by atoms with Crippen LogP contribution in [0.1, 0.15) is 24.8 Å². The second-order valence-corrected chi connectivity index (χ2v) is 6.57. The summed E-state index contributed by atoms with van der Waals surface area (Å²) in [6.45, 7) is 0.545. The molecule has 2 aliphatic rings. The number of nitrogens with one attached hydrogen (secondary N) is 1. The molecular formula is C17H21F2NO3. The van der Waals surface area contributed by atoms with E-state index in [4.69, 9.17) is 9.47 Å². The van der Waals surface area contributed by atoms with Gasteiger partial charge in [-0.3, -0.25) is 4.79 Å². The van der Waals surface area contributed by atoms with Crippen LogP contribution in [0.5, 0.6) is 5.75 Å². The van der Waals surface area contributed by atoms with Crippen molar-refractivity contribution in [3.63, 3.8) is 0 Å². The first kappa shape index (κ1) is 16.2. The molecule has 0 aromatic heterocycles. The fraction of sp³-hybridized carbons (Fsp3) is 0.588. The highest BCUT2D eigenvalue weighted by molar-refractivity contribution is 5.80. The first-order valence-corrected chi connectivity index (χ1v) is 7.83. The Labute approximate surface area is 134 Å². The van der Waals surface area contributed by atoms with Crippen LogP contribution in [0.25, 0.3) is 0 Å². The summed E-state index contributed by atoms with van der Waals surface area (Å²) in [6, 6.07) is 7.62. The predicted molar refractivity (Wildman–Crippen MR) is 80.7 cm³/mol. The van der Waals surface area contributed by atoms with Crippen molar-refractivity contribution >= 4 is 5.91 Å². The number of methoxy groups -OCH3 is 1. The standard InChI is InChI=1S/C17H21F2NO3/c1-22-10-16(8-12-4-2-3-5-14(12)23-11-16)20-15(21)13-6-7-17(18,19)9-13/h2-5,13H,6-11H2,1H3,(H,20,21). The molecule has 2 atom stereocenters. The van der Waals surface area contributed by atoms with E-state index in [2.05, 4.69) is 5.32 Å². The van der Waals surface area contributed by atoms with Crippen LogP contribution in [0.2, 0.25) is 0 Å². The van der Waals surface area contributed by atoms with Crippen molar-refractivity contribution in [2.75, 3.05) is 20.3 Å². The summed E-state index contributed by atoms with van der Waals surface area (Å²) in [6.07, 6.45) is 0.187. The van der Waals surface area contributed by atoms with Crippen molar-refractivity contribution in [1.82, 2.24) is 5.32 Å². The fourth-order valence-electron chi connectivity index (χ4n) is 3.44. The summed E-state index contributed by atoms with van der Waals surface area (Å²) in [5, 5.41) is 2.93. The predicted octanol–water partition coefficient (Wildman–Crippen LogP) is 2.56. The molecule has 6 heteroatoms. The SMILES string of the molecule is COCC1(NC(=O)C2CCC(F)(F)C2)COc2ccccc2C1. The third-order valence-electron chi connectivity index (χ3n) is 4.59. The van der Waals surface area contributed by atoms with Gasteiger partial charge in [0, 0.05) is 32.3 Å². The Morgan fingerprint density at radius 2 is 2.22 bits per heavy atom. The number of alkyl halides is 2. The van der Waals surface area contributed by atoms with E-state index in [1.54, 1.807) is 7.11 Å². The lowest BCUT2D eigenvalue weighted by molar-refractivity contribution is -0.129. The van der Waals surface area contributed by atoms with Gasteiger partial charge in [0.25, 0.3) is 0 Å². The lowest BCUT2D eigenvalue weighted by atomic mass is 9.88. The van der Waals surface area contributed by atoms with Crippen LogP contribution in [-0.4, -0.2) is 37.7 Å². The fourth-order valence-corrected chi connectivity index (χ4v) is 3.44. The van der Waals surface area contributed by atoms with Crippen molar-refractivity contribution in [2.45, 2.75) is 37.1 Å². The van der Waals surface area contributed by atoms with Gasteiger partial charge in [0.1, 0.15) is 17.9 Å². The zero-order valence-electron chi connectivity index (χ0n) is 13.1. The molecule has 1 saturated carbocycles. The maximum Gasteiger partial charge on any atom is 0.248 e. The lowest BCUT2D eigenvalue weighted by Gasteiger charge is -2.38. The van der Waals surface area contributed by atoms with E-state index < -0.39 is 17.4 Å². The monoisotopic (exact) mass is 325 g/mol. The summed E-state index contributed by atoms with van der Waals surface area (Å²) >= 11 is 0. The van der Waals surface area contributed by atoms with E-state index in [0.29, 0.717) is 6.42 Å². The van der Waals surface area contributed by atoms with Crippen LogP contribution in [-0.2, 0) is 16.0 Å². The van der Waals surface area contributed by atoms with Gasteiger partial charge in [0.2, 0.25) is 11.8 Å². The normalized spacial score (nSPS) is 28.7. The molecule has 0 spiro atoms. The molecule has 0 radical (unpaired) electrons. The molecule has 126 valence electrons. The third kappa shape index (κ3) is 3.47. The molecule has 23 heavy (non-hydrogen) atoms. The zero-order chi connectivity index (χ0) is 16.5. The number of rotatable bonds is 4. The number of fused-ring (bicyclic) bond motifs is 1. The maximum atomic E-state index is 13.3. The molecule has 1 aromatic carbocycles. The Morgan fingerprint density at radius 1 is 1.43 bits per heavy atom. The largest absolute Gasteiger partial charge is 0.491 e. The number of ether oxygens (including phenoxy) is 2. The van der Waals surface area contributed by atoms with Crippen LogP contribution in [0.3, 0.4) is 0 Å². The number of benzene rings is 1. The summed E-state index contributed by atoms with van der Waals surface area (Å²) in [4.78, 5) is 12.4. The Bertz CT molecular complexity index is 593. The number of carbonyl (C=O) groups is 1. The quantitative estimate of drug-likeness (QED) is 0.925. The van der Waals surface area contributed by atoms with E-state index in [9.17, 15) is 13.6 Å². The summed E-state index contributed by atoms with van der Waals surface area (Å²) in [5.41, 5.74) is 0.269. The van der Waals surface area contributed by atoms with Crippen molar-refractivity contribution in [3.05, 3.63) is 29.8 Å². The van der Waals surface area contributed by atoms with E-state index in [1.165, 1.54) is 0 Å². The smallest absolute Gasteiger partial charge is 0.248 e. The molecule has 1 aliphatic carbocycles. The van der Waals surface area contributed by atoms with Crippen LogP contribution < -0.4 is 10.1 Å². The van der Waals surface area contributed by atoms with E-state index in [1.807, 2.05) is 24.3 Å². The number of halogens is 2. The van der Waals surface area contributed by atoms with Crippen molar-refractivity contribution in [1.29, 1.82) is 0 Å². The second-order valence-electron chi connectivity index (χ2n) is 6.57. The van der Waals surface area contributed by atoms with E-state index >= 15 is 0 Å². The van der Waals surface area contributed by atoms with Crippen LogP contribution in [0.15, 0.2) is 24.3 Å². The first-order chi connectivity index (χ1) is 10.9. The molecule has 2 unspecified atom stereocenters.